The van der Waals surface area contributed by atoms with Gasteiger partial charge in [0.1, 0.15) is 0 Å². The van der Waals surface area contributed by atoms with Crippen LogP contribution in [0.3, 0.4) is 0 Å². The zero-order valence-electron chi connectivity index (χ0n) is 6.06. The van der Waals surface area contributed by atoms with Crippen LogP contribution in [0.1, 0.15) is 11.5 Å². The molecule has 1 aromatic carbocycles. The predicted octanol–water partition coefficient (Wildman–Crippen LogP) is 3.23. The van der Waals surface area contributed by atoms with E-state index in [1.807, 2.05) is 6.07 Å². The number of hydrogen-bond donors (Lipinski definition) is 0. The van der Waals surface area contributed by atoms with Crippen molar-refractivity contribution >= 4 is 11.6 Å². The van der Waals surface area contributed by atoms with E-state index in [4.69, 9.17) is 11.6 Å². The highest BCUT2D eigenvalue weighted by molar-refractivity contribution is 6.30. The topological polar surface area (TPSA) is 0 Å². The summed E-state index contributed by atoms with van der Waals surface area (Å²) in [4.78, 5) is 0. The third-order valence-electron chi connectivity index (χ3n) is 1.51. The second-order valence-corrected chi connectivity index (χ2v) is 2.84. The van der Waals surface area contributed by atoms with Gasteiger partial charge < -0.3 is 0 Å². The molecule has 11 heavy (non-hydrogen) atoms. The average Bonchev–Trinajstić information content (AvgIpc) is 2.03. The third kappa shape index (κ3) is 2.19. The van der Waals surface area contributed by atoms with E-state index in [1.165, 1.54) is 0 Å². The SMILES string of the molecule is [CH2]C(CF)c1cccc(Cl)c1. The molecular weight excluding hydrogens is 163 g/mol. The highest BCUT2D eigenvalue weighted by Gasteiger charge is 2.03. The summed E-state index contributed by atoms with van der Waals surface area (Å²) in [6.07, 6.45) is 0. The summed E-state index contributed by atoms with van der Waals surface area (Å²) in [5, 5.41) is 0.629. The van der Waals surface area contributed by atoms with Crippen LogP contribution in [-0.2, 0) is 0 Å². The maximum Gasteiger partial charge on any atom is 0.0962 e. The molecule has 0 nitrogen and oxygen atoms in total. The van der Waals surface area contributed by atoms with E-state index in [0.29, 0.717) is 5.02 Å². The summed E-state index contributed by atoms with van der Waals surface area (Å²) in [7, 11) is 0. The van der Waals surface area contributed by atoms with Crippen LogP contribution in [0.25, 0.3) is 0 Å². The maximum absolute atomic E-state index is 12.1. The van der Waals surface area contributed by atoms with Gasteiger partial charge >= 0.3 is 0 Å². The Kier molecular flexibility index (Phi) is 2.89. The van der Waals surface area contributed by atoms with Crippen LogP contribution in [0.4, 0.5) is 4.39 Å². The molecule has 0 aliphatic rings. The lowest BCUT2D eigenvalue weighted by Gasteiger charge is -2.05. The first kappa shape index (κ1) is 8.54. The predicted molar refractivity (Wildman–Crippen MR) is 45.5 cm³/mol. The molecule has 1 radical (unpaired) electrons. The Labute approximate surface area is 71.0 Å². The van der Waals surface area contributed by atoms with Crippen molar-refractivity contribution in [3.8, 4) is 0 Å². The molecule has 0 aromatic heterocycles. The summed E-state index contributed by atoms with van der Waals surface area (Å²) in [5.74, 6) is -0.298. The van der Waals surface area contributed by atoms with E-state index in [0.717, 1.165) is 5.56 Å². The van der Waals surface area contributed by atoms with Crippen LogP contribution in [-0.4, -0.2) is 6.67 Å². The lowest BCUT2D eigenvalue weighted by molar-refractivity contribution is 0.465. The van der Waals surface area contributed by atoms with Crippen molar-refractivity contribution in [2.75, 3.05) is 6.67 Å². The largest absolute Gasteiger partial charge is 0.250 e. The monoisotopic (exact) mass is 171 g/mol. The van der Waals surface area contributed by atoms with Gasteiger partial charge in [-0.25, -0.2) is 0 Å². The van der Waals surface area contributed by atoms with Crippen molar-refractivity contribution in [3.05, 3.63) is 41.8 Å². The standard InChI is InChI=1S/C9H9ClF/c1-7(6-11)8-3-2-4-9(10)5-8/h2-5,7H,1,6H2. The Balaban J connectivity index is 2.86. The fourth-order valence-corrected chi connectivity index (χ4v) is 1.05. The van der Waals surface area contributed by atoms with Crippen LogP contribution in [0, 0.1) is 6.92 Å². The first-order chi connectivity index (χ1) is 5.24. The van der Waals surface area contributed by atoms with Crippen LogP contribution in [0.5, 0.6) is 0 Å². The lowest BCUT2D eigenvalue weighted by Crippen LogP contribution is -1.94. The van der Waals surface area contributed by atoms with E-state index in [-0.39, 0.29) is 5.92 Å². The second kappa shape index (κ2) is 3.72. The number of halogens is 2. The molecule has 59 valence electrons. The molecule has 0 spiro atoms. The van der Waals surface area contributed by atoms with Gasteiger partial charge in [-0.1, -0.05) is 23.7 Å². The van der Waals surface area contributed by atoms with Crippen LogP contribution in [0.15, 0.2) is 24.3 Å². The minimum atomic E-state index is -0.444. The Bertz CT molecular complexity index is 235. The highest BCUT2D eigenvalue weighted by atomic mass is 35.5. The van der Waals surface area contributed by atoms with Crippen molar-refractivity contribution in [2.45, 2.75) is 5.92 Å². The summed E-state index contributed by atoms with van der Waals surface area (Å²) < 4.78 is 12.1. The number of alkyl halides is 1. The van der Waals surface area contributed by atoms with Gasteiger partial charge in [0.15, 0.2) is 0 Å². The van der Waals surface area contributed by atoms with Gasteiger partial charge in [-0.05, 0) is 24.6 Å². The van der Waals surface area contributed by atoms with E-state index in [9.17, 15) is 4.39 Å². The zero-order valence-corrected chi connectivity index (χ0v) is 6.81. The smallest absolute Gasteiger partial charge is 0.0962 e. The summed E-state index contributed by atoms with van der Waals surface area (Å²) >= 11 is 5.70. The van der Waals surface area contributed by atoms with Gasteiger partial charge in [-0.2, -0.15) is 0 Å². The van der Waals surface area contributed by atoms with Gasteiger partial charge in [-0.3, -0.25) is 4.39 Å². The summed E-state index contributed by atoms with van der Waals surface area (Å²) in [6.45, 7) is 3.19. The van der Waals surface area contributed by atoms with E-state index < -0.39 is 6.67 Å². The van der Waals surface area contributed by atoms with Gasteiger partial charge in [0, 0.05) is 10.9 Å². The Morgan fingerprint density at radius 3 is 2.82 bits per heavy atom. The molecule has 0 amide bonds. The lowest BCUT2D eigenvalue weighted by atomic mass is 10.0. The van der Waals surface area contributed by atoms with E-state index in [1.54, 1.807) is 18.2 Å². The molecular formula is C9H9ClF. The minimum absolute atomic E-state index is 0.298. The molecule has 0 N–H and O–H groups in total. The molecule has 1 unspecified atom stereocenters. The summed E-state index contributed by atoms with van der Waals surface area (Å²) in [5.41, 5.74) is 0.847. The van der Waals surface area contributed by atoms with Crippen molar-refractivity contribution < 1.29 is 4.39 Å². The molecule has 0 heterocycles. The molecule has 0 fully saturated rings. The highest BCUT2D eigenvalue weighted by Crippen LogP contribution is 2.18. The molecule has 0 bridgehead atoms. The zero-order chi connectivity index (χ0) is 8.27. The van der Waals surface area contributed by atoms with E-state index in [2.05, 4.69) is 6.92 Å². The molecule has 0 aliphatic carbocycles. The molecule has 0 saturated carbocycles. The fourth-order valence-electron chi connectivity index (χ4n) is 0.850. The van der Waals surface area contributed by atoms with Crippen LogP contribution in [0.2, 0.25) is 5.02 Å². The molecule has 2 heteroatoms. The Morgan fingerprint density at radius 2 is 2.27 bits per heavy atom. The molecule has 1 aromatic rings. The third-order valence-corrected chi connectivity index (χ3v) is 1.74. The van der Waals surface area contributed by atoms with Crippen LogP contribution >= 0.6 is 11.6 Å². The Hall–Kier alpha value is -0.560. The first-order valence-electron chi connectivity index (χ1n) is 3.38. The maximum atomic E-state index is 12.1. The van der Waals surface area contributed by atoms with Gasteiger partial charge in [0.2, 0.25) is 0 Å². The number of benzene rings is 1. The fraction of sp³-hybridized carbons (Fsp3) is 0.222. The van der Waals surface area contributed by atoms with Gasteiger partial charge in [0.25, 0.3) is 0 Å². The normalized spacial score (nSPS) is 13.0. The molecule has 0 saturated heterocycles. The van der Waals surface area contributed by atoms with Gasteiger partial charge in [-0.15, -0.1) is 0 Å². The molecule has 0 aliphatic heterocycles. The number of rotatable bonds is 2. The first-order valence-corrected chi connectivity index (χ1v) is 3.76. The van der Waals surface area contributed by atoms with Crippen molar-refractivity contribution in [3.63, 3.8) is 0 Å². The molecule has 1 rings (SSSR count). The molecule has 1 atom stereocenters. The van der Waals surface area contributed by atoms with Gasteiger partial charge in [0.05, 0.1) is 6.67 Å². The quantitative estimate of drug-likeness (QED) is 0.641. The van der Waals surface area contributed by atoms with Crippen molar-refractivity contribution in [1.29, 1.82) is 0 Å². The second-order valence-electron chi connectivity index (χ2n) is 2.41. The van der Waals surface area contributed by atoms with Crippen molar-refractivity contribution in [1.82, 2.24) is 0 Å². The number of hydrogen-bond acceptors (Lipinski definition) is 0. The van der Waals surface area contributed by atoms with Crippen LogP contribution < -0.4 is 0 Å². The average molecular weight is 172 g/mol. The summed E-state index contributed by atoms with van der Waals surface area (Å²) in [6, 6.07) is 7.11. The minimum Gasteiger partial charge on any atom is -0.250 e. The Morgan fingerprint density at radius 1 is 1.55 bits per heavy atom. The van der Waals surface area contributed by atoms with Crippen molar-refractivity contribution in [2.24, 2.45) is 0 Å². The van der Waals surface area contributed by atoms with E-state index >= 15 is 0 Å².